The second-order valence-corrected chi connectivity index (χ2v) is 15.5. The monoisotopic (exact) mass is 414 g/mol. The van der Waals surface area contributed by atoms with Crippen LogP contribution in [0, 0.1) is 19.3 Å². The van der Waals surface area contributed by atoms with E-state index in [0.29, 0.717) is 16.9 Å². The molecule has 1 aliphatic carbocycles. The molecule has 158 valence electrons. The van der Waals surface area contributed by atoms with Gasteiger partial charge in [0.1, 0.15) is 11.3 Å². The summed E-state index contributed by atoms with van der Waals surface area (Å²) >= 11 is 0. The third kappa shape index (κ3) is 3.31. The molecule has 0 amide bonds. The fraction of sp³-hybridized carbons (Fsp3) is 0.625. The maximum atomic E-state index is 13.2. The molecule has 0 radical (unpaired) electrons. The van der Waals surface area contributed by atoms with E-state index in [1.807, 2.05) is 19.9 Å². The largest absolute Gasteiger partial charge is 0.460 e. The molecule has 1 saturated heterocycles. The number of ether oxygens (including phenoxy) is 1. The maximum Gasteiger partial charge on any atom is 0.195 e. The summed E-state index contributed by atoms with van der Waals surface area (Å²) in [4.78, 5) is 13.2. The fourth-order valence-electron chi connectivity index (χ4n) is 4.30. The highest BCUT2D eigenvalue weighted by Crippen LogP contribution is 2.64. The van der Waals surface area contributed by atoms with Crippen molar-refractivity contribution in [2.75, 3.05) is 13.2 Å². The zero-order valence-corrected chi connectivity index (χ0v) is 20.1. The van der Waals surface area contributed by atoms with E-state index >= 15 is 0 Å². The number of benzene rings is 1. The summed E-state index contributed by atoms with van der Waals surface area (Å²) in [7, 11) is -1.96. The Labute approximate surface area is 174 Å². The molecule has 29 heavy (non-hydrogen) atoms. The molecule has 4 nitrogen and oxygen atoms in total. The van der Waals surface area contributed by atoms with Crippen LogP contribution in [0.25, 0.3) is 11.0 Å². The highest BCUT2D eigenvalue weighted by atomic mass is 28.4. The Morgan fingerprint density at radius 2 is 1.86 bits per heavy atom. The van der Waals surface area contributed by atoms with Crippen LogP contribution in [0.15, 0.2) is 21.3 Å². The Kier molecular flexibility index (Phi) is 4.69. The quantitative estimate of drug-likeness (QED) is 0.576. The first-order valence-corrected chi connectivity index (χ1v) is 13.6. The lowest BCUT2D eigenvalue weighted by Gasteiger charge is -2.38. The van der Waals surface area contributed by atoms with Crippen LogP contribution in [-0.4, -0.2) is 21.5 Å². The van der Waals surface area contributed by atoms with E-state index in [0.717, 1.165) is 42.1 Å². The minimum atomic E-state index is -1.96. The van der Waals surface area contributed by atoms with Gasteiger partial charge in [0.05, 0.1) is 24.7 Å². The molecule has 2 heterocycles. The molecule has 1 saturated carbocycles. The van der Waals surface area contributed by atoms with Gasteiger partial charge < -0.3 is 13.6 Å². The van der Waals surface area contributed by atoms with E-state index in [1.54, 1.807) is 0 Å². The average molecular weight is 415 g/mol. The third-order valence-corrected chi connectivity index (χ3v) is 12.0. The van der Waals surface area contributed by atoms with Crippen molar-refractivity contribution >= 4 is 19.3 Å². The molecule has 1 unspecified atom stereocenters. The first-order valence-electron chi connectivity index (χ1n) is 10.7. The maximum absolute atomic E-state index is 13.2. The van der Waals surface area contributed by atoms with Crippen LogP contribution >= 0.6 is 0 Å². The number of hydrogen-bond acceptors (Lipinski definition) is 4. The minimum absolute atomic E-state index is 0.0908. The van der Waals surface area contributed by atoms with E-state index in [9.17, 15) is 4.79 Å². The molecule has 1 aliphatic heterocycles. The molecule has 1 aromatic heterocycles. The molecule has 0 N–H and O–H groups in total. The van der Waals surface area contributed by atoms with Crippen LogP contribution in [0.1, 0.15) is 68.6 Å². The van der Waals surface area contributed by atoms with Gasteiger partial charge in [-0.15, -0.1) is 0 Å². The number of aryl methyl sites for hydroxylation is 1. The molecule has 0 bridgehead atoms. The second-order valence-electron chi connectivity index (χ2n) is 10.8. The zero-order valence-electron chi connectivity index (χ0n) is 19.1. The van der Waals surface area contributed by atoms with Crippen LogP contribution in [0.3, 0.4) is 0 Å². The van der Waals surface area contributed by atoms with Crippen molar-refractivity contribution in [1.29, 1.82) is 0 Å². The Hall–Kier alpha value is -1.43. The molecule has 5 heteroatoms. The predicted molar refractivity (Wildman–Crippen MR) is 119 cm³/mol. The van der Waals surface area contributed by atoms with Crippen molar-refractivity contribution in [3.8, 4) is 0 Å². The third-order valence-electron chi connectivity index (χ3n) is 7.43. The van der Waals surface area contributed by atoms with Gasteiger partial charge in [0, 0.05) is 22.5 Å². The molecule has 4 rings (SSSR count). The van der Waals surface area contributed by atoms with Crippen LogP contribution in [-0.2, 0) is 9.16 Å². The van der Waals surface area contributed by atoms with Crippen LogP contribution in [0.5, 0.6) is 0 Å². The second kappa shape index (κ2) is 6.53. The summed E-state index contributed by atoms with van der Waals surface area (Å²) in [6.07, 6.45) is 0.927. The fourth-order valence-corrected chi connectivity index (χ4v) is 5.67. The van der Waals surface area contributed by atoms with E-state index in [-0.39, 0.29) is 22.0 Å². The van der Waals surface area contributed by atoms with Crippen molar-refractivity contribution in [2.24, 2.45) is 5.41 Å². The van der Waals surface area contributed by atoms with E-state index in [4.69, 9.17) is 13.6 Å². The van der Waals surface area contributed by atoms with Gasteiger partial charge in [0.2, 0.25) is 0 Å². The van der Waals surface area contributed by atoms with E-state index in [2.05, 4.69) is 46.9 Å². The van der Waals surface area contributed by atoms with Crippen molar-refractivity contribution < 1.29 is 13.6 Å². The van der Waals surface area contributed by atoms with Gasteiger partial charge in [-0.05, 0) is 63.0 Å². The van der Waals surface area contributed by atoms with Gasteiger partial charge in [-0.1, -0.05) is 20.8 Å². The molecule has 2 fully saturated rings. The molecule has 1 spiro atoms. The van der Waals surface area contributed by atoms with Gasteiger partial charge in [-0.2, -0.15) is 0 Å². The van der Waals surface area contributed by atoms with Crippen molar-refractivity contribution in [2.45, 2.75) is 78.1 Å². The van der Waals surface area contributed by atoms with E-state index < -0.39 is 8.32 Å². The Bertz CT molecular complexity index is 1020. The van der Waals surface area contributed by atoms with Crippen molar-refractivity contribution in [3.63, 3.8) is 0 Å². The Morgan fingerprint density at radius 3 is 2.38 bits per heavy atom. The molecular weight excluding hydrogens is 380 g/mol. The lowest BCUT2D eigenvalue weighted by molar-refractivity contribution is -0.0540. The molecule has 2 aliphatic rings. The molecular formula is C24H34O4Si. The smallest absolute Gasteiger partial charge is 0.195 e. The molecule has 1 aromatic carbocycles. The number of hydrogen-bond donors (Lipinski definition) is 0. The zero-order chi connectivity index (χ0) is 21.4. The summed E-state index contributed by atoms with van der Waals surface area (Å²) < 4.78 is 18.6. The summed E-state index contributed by atoms with van der Waals surface area (Å²) in [5, 5.41) is 0.792. The molecule has 2 aromatic rings. The van der Waals surface area contributed by atoms with Crippen molar-refractivity contribution in [3.05, 3.63) is 44.8 Å². The van der Waals surface area contributed by atoms with Crippen molar-refractivity contribution in [1.82, 2.24) is 0 Å². The van der Waals surface area contributed by atoms with Crippen LogP contribution in [0.4, 0.5) is 0 Å². The number of rotatable bonds is 4. The highest BCUT2D eigenvalue weighted by molar-refractivity contribution is 6.74. The lowest BCUT2D eigenvalue weighted by Crippen LogP contribution is -2.41. The van der Waals surface area contributed by atoms with Gasteiger partial charge in [0.15, 0.2) is 13.7 Å². The van der Waals surface area contributed by atoms with Gasteiger partial charge in [-0.25, -0.2) is 0 Å². The van der Waals surface area contributed by atoms with Gasteiger partial charge in [-0.3, -0.25) is 4.79 Å². The first kappa shape index (κ1) is 20.8. The SMILES string of the molecule is Cc1cc([C@H](C)O[Si](C)(C)C(C)(C)C)c2oc(C3CC34COC4)c(C)c(=O)c2c1. The predicted octanol–water partition coefficient (Wildman–Crippen LogP) is 6.00. The topological polar surface area (TPSA) is 48.7 Å². The van der Waals surface area contributed by atoms with Gasteiger partial charge >= 0.3 is 0 Å². The Morgan fingerprint density at radius 1 is 1.21 bits per heavy atom. The Balaban J connectivity index is 1.82. The van der Waals surface area contributed by atoms with Gasteiger partial charge in [0.25, 0.3) is 0 Å². The average Bonchev–Trinajstić information content (AvgIpc) is 3.32. The minimum Gasteiger partial charge on any atom is -0.460 e. The van der Waals surface area contributed by atoms with Crippen LogP contribution < -0.4 is 5.43 Å². The standard InChI is InChI=1S/C24H34O4Si/c1-14-9-17(16(3)28-29(7,8)23(4,5)6)22-18(10-14)20(25)15(2)21(27-22)19-11-24(19)12-26-13-24/h9-10,16,19H,11-13H2,1-8H3/t16-,19?/m0/s1. The highest BCUT2D eigenvalue weighted by Gasteiger charge is 2.61. The summed E-state index contributed by atoms with van der Waals surface area (Å²) in [5.74, 6) is 1.16. The number of fused-ring (bicyclic) bond motifs is 1. The first-order chi connectivity index (χ1) is 13.4. The summed E-state index contributed by atoms with van der Waals surface area (Å²) in [5.41, 5.74) is 3.81. The van der Waals surface area contributed by atoms with E-state index in [1.165, 1.54) is 0 Å². The van der Waals surface area contributed by atoms with Crippen LogP contribution in [0.2, 0.25) is 18.1 Å². The summed E-state index contributed by atoms with van der Waals surface area (Å²) in [6, 6.07) is 4.08. The molecule has 2 atom stereocenters. The lowest BCUT2D eigenvalue weighted by atomic mass is 9.97. The normalized spacial score (nSPS) is 22.0. The summed E-state index contributed by atoms with van der Waals surface area (Å²) in [6.45, 7) is 18.9.